The highest BCUT2D eigenvalue weighted by Crippen LogP contribution is 2.26. The Labute approximate surface area is 104 Å². The number of hydrogen-bond acceptors (Lipinski definition) is 4. The molecule has 4 nitrogen and oxygen atoms in total. The zero-order valence-corrected chi connectivity index (χ0v) is 11.2. The van der Waals surface area contributed by atoms with Gasteiger partial charge in [-0.05, 0) is 39.2 Å². The van der Waals surface area contributed by atoms with Gasteiger partial charge in [0.15, 0.2) is 0 Å². The number of nitrogens with two attached hydrogens (primary N) is 1. The van der Waals surface area contributed by atoms with Crippen molar-refractivity contribution in [2.24, 2.45) is 5.73 Å². The molecular weight excluding hydrogens is 216 g/mol. The molecule has 100 valence electrons. The van der Waals surface area contributed by atoms with E-state index in [1.165, 1.54) is 6.42 Å². The fraction of sp³-hybridized carbons (Fsp3) is 1.00. The number of rotatable bonds is 3. The molecule has 2 saturated heterocycles. The van der Waals surface area contributed by atoms with Crippen LogP contribution in [0.15, 0.2) is 0 Å². The van der Waals surface area contributed by atoms with Gasteiger partial charge >= 0.3 is 0 Å². The van der Waals surface area contributed by atoms with E-state index in [9.17, 15) is 0 Å². The maximum Gasteiger partial charge on any atom is 0.0777 e. The van der Waals surface area contributed by atoms with Crippen LogP contribution in [0, 0.1) is 0 Å². The van der Waals surface area contributed by atoms with E-state index in [2.05, 4.69) is 11.8 Å². The third-order valence-corrected chi connectivity index (χ3v) is 4.26. The van der Waals surface area contributed by atoms with Crippen LogP contribution in [0.2, 0.25) is 0 Å². The SMILES string of the molecule is COC1(C)CCCN(CC2(N)CCOCC2)C1. The number of ether oxygens (including phenoxy) is 2. The summed E-state index contributed by atoms with van der Waals surface area (Å²) in [7, 11) is 1.82. The van der Waals surface area contributed by atoms with E-state index in [0.717, 1.165) is 52.1 Å². The van der Waals surface area contributed by atoms with Gasteiger partial charge in [-0.2, -0.15) is 0 Å². The first-order chi connectivity index (χ1) is 8.05. The Morgan fingerprint density at radius 3 is 2.65 bits per heavy atom. The molecule has 0 radical (unpaired) electrons. The molecule has 2 heterocycles. The monoisotopic (exact) mass is 242 g/mol. The average molecular weight is 242 g/mol. The standard InChI is InChI=1S/C13H26N2O2/c1-12(16-2)4-3-7-15(10-12)11-13(14)5-8-17-9-6-13/h3-11,14H2,1-2H3. The van der Waals surface area contributed by atoms with E-state index >= 15 is 0 Å². The van der Waals surface area contributed by atoms with E-state index in [1.54, 1.807) is 0 Å². The summed E-state index contributed by atoms with van der Waals surface area (Å²) >= 11 is 0. The van der Waals surface area contributed by atoms with Crippen molar-refractivity contribution in [1.82, 2.24) is 4.90 Å². The van der Waals surface area contributed by atoms with Gasteiger partial charge in [-0.15, -0.1) is 0 Å². The predicted molar refractivity (Wildman–Crippen MR) is 68.1 cm³/mol. The van der Waals surface area contributed by atoms with Crippen LogP contribution in [0.4, 0.5) is 0 Å². The fourth-order valence-electron chi connectivity index (χ4n) is 2.99. The number of piperidine rings is 1. The van der Waals surface area contributed by atoms with Gasteiger partial charge in [0.25, 0.3) is 0 Å². The Balaban J connectivity index is 1.89. The largest absolute Gasteiger partial charge is 0.381 e. The van der Waals surface area contributed by atoms with Gasteiger partial charge < -0.3 is 15.2 Å². The molecule has 2 fully saturated rings. The lowest BCUT2D eigenvalue weighted by atomic mass is 9.88. The smallest absolute Gasteiger partial charge is 0.0777 e. The van der Waals surface area contributed by atoms with Gasteiger partial charge in [0.2, 0.25) is 0 Å². The molecule has 0 aliphatic carbocycles. The highest BCUT2D eigenvalue weighted by molar-refractivity contribution is 4.93. The van der Waals surface area contributed by atoms with Crippen molar-refractivity contribution < 1.29 is 9.47 Å². The minimum Gasteiger partial charge on any atom is -0.381 e. The molecule has 2 aliphatic heterocycles. The lowest BCUT2D eigenvalue weighted by molar-refractivity contribution is -0.0599. The fourth-order valence-corrected chi connectivity index (χ4v) is 2.99. The second kappa shape index (κ2) is 5.22. The normalized spacial score (nSPS) is 34.8. The van der Waals surface area contributed by atoms with Crippen molar-refractivity contribution in [3.05, 3.63) is 0 Å². The van der Waals surface area contributed by atoms with Gasteiger partial charge in [-0.1, -0.05) is 0 Å². The number of methoxy groups -OCH3 is 1. The lowest BCUT2D eigenvalue weighted by Gasteiger charge is -2.44. The Morgan fingerprint density at radius 2 is 2.00 bits per heavy atom. The van der Waals surface area contributed by atoms with Crippen LogP contribution < -0.4 is 5.73 Å². The number of nitrogens with zero attached hydrogens (tertiary/aromatic N) is 1. The molecule has 0 bridgehead atoms. The zero-order chi connectivity index (χ0) is 12.4. The van der Waals surface area contributed by atoms with Gasteiger partial charge in [0, 0.05) is 39.0 Å². The predicted octanol–water partition coefficient (Wildman–Crippen LogP) is 0.995. The summed E-state index contributed by atoms with van der Waals surface area (Å²) in [6.07, 6.45) is 4.32. The summed E-state index contributed by atoms with van der Waals surface area (Å²) in [6, 6.07) is 0. The first-order valence-corrected chi connectivity index (χ1v) is 6.69. The number of likely N-dealkylation sites (tertiary alicyclic amines) is 1. The van der Waals surface area contributed by atoms with Crippen molar-refractivity contribution in [2.45, 2.75) is 43.7 Å². The molecule has 1 unspecified atom stereocenters. The molecule has 17 heavy (non-hydrogen) atoms. The van der Waals surface area contributed by atoms with Crippen LogP contribution in [0.3, 0.4) is 0 Å². The van der Waals surface area contributed by atoms with Gasteiger partial charge in [-0.3, -0.25) is 4.90 Å². The van der Waals surface area contributed by atoms with E-state index in [0.29, 0.717) is 0 Å². The van der Waals surface area contributed by atoms with Crippen molar-refractivity contribution >= 4 is 0 Å². The summed E-state index contributed by atoms with van der Waals surface area (Å²) in [5.41, 5.74) is 6.42. The Hall–Kier alpha value is -0.160. The van der Waals surface area contributed by atoms with E-state index in [-0.39, 0.29) is 11.1 Å². The minimum absolute atomic E-state index is 0.0137. The third kappa shape index (κ3) is 3.41. The van der Waals surface area contributed by atoms with Gasteiger partial charge in [0.1, 0.15) is 0 Å². The molecule has 0 saturated carbocycles. The molecule has 0 aromatic rings. The number of hydrogen-bond donors (Lipinski definition) is 1. The summed E-state index contributed by atoms with van der Waals surface area (Å²) in [6.45, 7) is 6.96. The van der Waals surface area contributed by atoms with Crippen LogP contribution in [0.5, 0.6) is 0 Å². The molecule has 0 aromatic heterocycles. The molecule has 0 spiro atoms. The van der Waals surface area contributed by atoms with Gasteiger partial charge in [-0.25, -0.2) is 0 Å². The topological polar surface area (TPSA) is 47.7 Å². The molecular formula is C13H26N2O2. The molecule has 0 amide bonds. The highest BCUT2D eigenvalue weighted by atomic mass is 16.5. The van der Waals surface area contributed by atoms with E-state index in [1.807, 2.05) is 7.11 Å². The molecule has 4 heteroatoms. The van der Waals surface area contributed by atoms with Gasteiger partial charge in [0.05, 0.1) is 5.60 Å². The minimum atomic E-state index is -0.0513. The van der Waals surface area contributed by atoms with E-state index < -0.39 is 0 Å². The second-order valence-corrected chi connectivity index (χ2v) is 5.94. The second-order valence-electron chi connectivity index (χ2n) is 5.94. The lowest BCUT2D eigenvalue weighted by Crippen LogP contribution is -2.57. The first kappa shape index (κ1) is 13.3. The summed E-state index contributed by atoms with van der Waals surface area (Å²) < 4.78 is 11.0. The molecule has 2 aliphatic rings. The van der Waals surface area contributed by atoms with Crippen LogP contribution >= 0.6 is 0 Å². The third-order valence-electron chi connectivity index (χ3n) is 4.26. The molecule has 0 aromatic carbocycles. The molecule has 2 rings (SSSR count). The van der Waals surface area contributed by atoms with Crippen LogP contribution in [-0.4, -0.2) is 56.0 Å². The van der Waals surface area contributed by atoms with Crippen LogP contribution in [-0.2, 0) is 9.47 Å². The van der Waals surface area contributed by atoms with Crippen LogP contribution in [0.25, 0.3) is 0 Å². The van der Waals surface area contributed by atoms with Crippen molar-refractivity contribution in [3.63, 3.8) is 0 Å². The van der Waals surface area contributed by atoms with Crippen molar-refractivity contribution in [2.75, 3.05) is 40.0 Å². The Bertz CT molecular complexity index is 254. The maximum absolute atomic E-state index is 6.46. The zero-order valence-electron chi connectivity index (χ0n) is 11.2. The first-order valence-electron chi connectivity index (χ1n) is 6.69. The maximum atomic E-state index is 6.46. The van der Waals surface area contributed by atoms with Crippen molar-refractivity contribution in [1.29, 1.82) is 0 Å². The summed E-state index contributed by atoms with van der Waals surface area (Å²) in [5.74, 6) is 0. The summed E-state index contributed by atoms with van der Waals surface area (Å²) in [5, 5.41) is 0. The average Bonchev–Trinajstić information content (AvgIpc) is 2.29. The summed E-state index contributed by atoms with van der Waals surface area (Å²) in [4.78, 5) is 2.47. The Morgan fingerprint density at radius 1 is 1.29 bits per heavy atom. The quantitative estimate of drug-likeness (QED) is 0.802. The van der Waals surface area contributed by atoms with Crippen molar-refractivity contribution in [3.8, 4) is 0 Å². The molecule has 2 N–H and O–H groups in total. The van der Waals surface area contributed by atoms with E-state index in [4.69, 9.17) is 15.2 Å². The highest BCUT2D eigenvalue weighted by Gasteiger charge is 2.35. The van der Waals surface area contributed by atoms with Crippen LogP contribution in [0.1, 0.15) is 32.6 Å². The molecule has 1 atom stereocenters. The Kier molecular flexibility index (Phi) is 4.08.